The number of nitrogens with zero attached hydrogens (tertiary/aromatic N) is 1. The molecule has 0 atom stereocenters. The molecule has 0 spiro atoms. The van der Waals surface area contributed by atoms with E-state index >= 15 is 0 Å². The van der Waals surface area contributed by atoms with Crippen LogP contribution in [0.25, 0.3) is 0 Å². The Balaban J connectivity index is 3.53. The number of hydrazone groups is 1. The molecule has 0 saturated carbocycles. The maximum atomic E-state index is 11.4. The fourth-order valence-electron chi connectivity index (χ4n) is 0.324. The van der Waals surface area contributed by atoms with Crippen LogP contribution in [0.5, 0.6) is 0 Å². The molecule has 64 valence electrons. The van der Waals surface area contributed by atoms with Crippen LogP contribution >= 0.6 is 0 Å². The Morgan fingerprint density at radius 3 is 2.55 bits per heavy atom. The van der Waals surface area contributed by atoms with Gasteiger partial charge in [-0.15, -0.1) is 0 Å². The molecule has 1 N–H and O–H groups in total. The molecule has 0 bridgehead atoms. The van der Waals surface area contributed by atoms with E-state index in [1.165, 1.54) is 6.20 Å². The summed E-state index contributed by atoms with van der Waals surface area (Å²) >= 11 is 0. The van der Waals surface area contributed by atoms with Crippen LogP contribution in [0, 0.1) is 0 Å². The Morgan fingerprint density at radius 2 is 2.09 bits per heavy atom. The molecule has 0 unspecified atom stereocenters. The third kappa shape index (κ3) is 9.00. The highest BCUT2D eigenvalue weighted by Gasteiger charge is 2.23. The van der Waals surface area contributed by atoms with Crippen molar-refractivity contribution in [2.75, 3.05) is 0 Å². The van der Waals surface area contributed by atoms with E-state index in [4.69, 9.17) is 0 Å². The zero-order valence-corrected chi connectivity index (χ0v) is 6.02. The number of alkyl halides is 3. The summed E-state index contributed by atoms with van der Waals surface area (Å²) in [6.07, 6.45) is -0.676. The van der Waals surface area contributed by atoms with Crippen molar-refractivity contribution in [1.82, 2.24) is 5.43 Å². The standard InChI is InChI=1S/C6H9F3N2/c1-2-3-4-10-11-5-6(7,8)9/h3-5,10H,2H2,1H3/b4-3-,11-5+. The Labute approximate surface area is 62.8 Å². The molecule has 5 heteroatoms. The van der Waals surface area contributed by atoms with Crippen LogP contribution in [0.1, 0.15) is 13.3 Å². The van der Waals surface area contributed by atoms with E-state index in [0.29, 0.717) is 0 Å². The van der Waals surface area contributed by atoms with Crippen LogP contribution in [0.2, 0.25) is 0 Å². The number of rotatable bonds is 3. The Kier molecular flexibility index (Phi) is 4.33. The minimum absolute atomic E-state index is 0.104. The second kappa shape index (κ2) is 4.76. The van der Waals surface area contributed by atoms with E-state index in [9.17, 15) is 13.2 Å². The van der Waals surface area contributed by atoms with Gasteiger partial charge in [-0.2, -0.15) is 18.3 Å². The van der Waals surface area contributed by atoms with Gasteiger partial charge in [0.05, 0.1) is 0 Å². The summed E-state index contributed by atoms with van der Waals surface area (Å²) < 4.78 is 34.1. The van der Waals surface area contributed by atoms with Gasteiger partial charge in [-0.05, 0) is 6.42 Å². The molecule has 0 aliphatic heterocycles. The van der Waals surface area contributed by atoms with Gasteiger partial charge in [-0.3, -0.25) is 5.43 Å². The first-order valence-corrected chi connectivity index (χ1v) is 3.07. The lowest BCUT2D eigenvalue weighted by atomic mass is 10.5. The van der Waals surface area contributed by atoms with Crippen molar-refractivity contribution in [3.05, 3.63) is 12.3 Å². The second-order valence-electron chi connectivity index (χ2n) is 1.74. The third-order valence-electron chi connectivity index (χ3n) is 0.714. The van der Waals surface area contributed by atoms with Crippen LogP contribution in [0.15, 0.2) is 17.4 Å². The molecule has 0 fully saturated rings. The molecule has 0 aromatic heterocycles. The highest BCUT2D eigenvalue weighted by molar-refractivity contribution is 5.63. The molecule has 0 aromatic carbocycles. The van der Waals surface area contributed by atoms with Crippen LogP contribution in [-0.2, 0) is 0 Å². The molecule has 0 amide bonds. The van der Waals surface area contributed by atoms with Gasteiger partial charge in [-0.1, -0.05) is 13.0 Å². The minimum Gasteiger partial charge on any atom is -0.286 e. The van der Waals surface area contributed by atoms with Gasteiger partial charge in [0.2, 0.25) is 0 Å². The van der Waals surface area contributed by atoms with Gasteiger partial charge in [0.25, 0.3) is 0 Å². The molecular weight excluding hydrogens is 157 g/mol. The topological polar surface area (TPSA) is 24.4 Å². The Hall–Kier alpha value is -1.00. The highest BCUT2D eigenvalue weighted by Crippen LogP contribution is 2.09. The number of nitrogens with one attached hydrogen (secondary N) is 1. The zero-order valence-electron chi connectivity index (χ0n) is 6.02. The molecule has 2 nitrogen and oxygen atoms in total. The normalized spacial score (nSPS) is 13.1. The summed E-state index contributed by atoms with van der Waals surface area (Å²) in [6.45, 7) is 1.87. The average Bonchev–Trinajstić information content (AvgIpc) is 1.85. The second-order valence-corrected chi connectivity index (χ2v) is 1.74. The first kappa shape index (κ1) is 10.0. The maximum absolute atomic E-state index is 11.4. The van der Waals surface area contributed by atoms with Crippen LogP contribution in [-0.4, -0.2) is 12.4 Å². The summed E-state index contributed by atoms with van der Waals surface area (Å²) in [6, 6.07) is 0. The van der Waals surface area contributed by atoms with Gasteiger partial charge in [0.1, 0.15) is 6.21 Å². The van der Waals surface area contributed by atoms with Gasteiger partial charge in [0, 0.05) is 6.20 Å². The molecule has 0 saturated heterocycles. The summed E-state index contributed by atoms with van der Waals surface area (Å²) in [5.41, 5.74) is 2.11. The van der Waals surface area contributed by atoms with E-state index in [2.05, 4.69) is 10.5 Å². The lowest BCUT2D eigenvalue weighted by molar-refractivity contribution is -0.0538. The third-order valence-corrected chi connectivity index (χ3v) is 0.714. The van der Waals surface area contributed by atoms with Gasteiger partial charge < -0.3 is 0 Å². The zero-order chi connectivity index (χ0) is 8.74. The van der Waals surface area contributed by atoms with Crippen molar-refractivity contribution in [3.63, 3.8) is 0 Å². The lowest BCUT2D eigenvalue weighted by Crippen LogP contribution is -2.11. The molecule has 0 rings (SSSR count). The highest BCUT2D eigenvalue weighted by atomic mass is 19.4. The fourth-order valence-corrected chi connectivity index (χ4v) is 0.324. The monoisotopic (exact) mass is 166 g/mol. The summed E-state index contributed by atoms with van der Waals surface area (Å²) in [7, 11) is 0. The summed E-state index contributed by atoms with van der Waals surface area (Å²) in [5, 5.41) is 2.89. The first-order valence-electron chi connectivity index (χ1n) is 3.07. The van der Waals surface area contributed by atoms with E-state index in [-0.39, 0.29) is 6.21 Å². The van der Waals surface area contributed by atoms with Crippen LogP contribution in [0.4, 0.5) is 13.2 Å². The molecule has 0 aliphatic rings. The van der Waals surface area contributed by atoms with E-state index in [1.807, 2.05) is 6.92 Å². The molecule has 0 radical (unpaired) electrons. The Bertz CT molecular complexity index is 148. The predicted octanol–water partition coefficient (Wildman–Crippen LogP) is 2.05. The molecular formula is C6H9F3N2. The number of halogens is 3. The van der Waals surface area contributed by atoms with Crippen molar-refractivity contribution in [2.24, 2.45) is 5.10 Å². The van der Waals surface area contributed by atoms with E-state index in [0.717, 1.165) is 6.42 Å². The number of allylic oxidation sites excluding steroid dienone is 1. The Morgan fingerprint density at radius 1 is 1.45 bits per heavy atom. The fraction of sp³-hybridized carbons (Fsp3) is 0.500. The van der Waals surface area contributed by atoms with E-state index < -0.39 is 6.18 Å². The largest absolute Gasteiger partial charge is 0.428 e. The minimum atomic E-state index is -4.34. The van der Waals surface area contributed by atoms with Crippen molar-refractivity contribution in [3.8, 4) is 0 Å². The maximum Gasteiger partial charge on any atom is 0.428 e. The summed E-state index contributed by atoms with van der Waals surface area (Å²) in [5.74, 6) is 0. The smallest absolute Gasteiger partial charge is 0.286 e. The SMILES string of the molecule is CC/C=C\N/N=C/C(F)(F)F. The molecule has 0 heterocycles. The van der Waals surface area contributed by atoms with E-state index in [1.54, 1.807) is 6.08 Å². The van der Waals surface area contributed by atoms with Gasteiger partial charge >= 0.3 is 6.18 Å². The average molecular weight is 166 g/mol. The van der Waals surface area contributed by atoms with Crippen molar-refractivity contribution < 1.29 is 13.2 Å². The van der Waals surface area contributed by atoms with Gasteiger partial charge in [-0.25, -0.2) is 0 Å². The molecule has 0 aromatic rings. The lowest BCUT2D eigenvalue weighted by Gasteiger charge is -1.95. The number of hydrogen-bond donors (Lipinski definition) is 1. The van der Waals surface area contributed by atoms with Gasteiger partial charge in [0.15, 0.2) is 0 Å². The van der Waals surface area contributed by atoms with Crippen molar-refractivity contribution >= 4 is 6.21 Å². The molecule has 11 heavy (non-hydrogen) atoms. The molecule has 0 aliphatic carbocycles. The summed E-state index contributed by atoms with van der Waals surface area (Å²) in [4.78, 5) is 0. The first-order chi connectivity index (χ1) is 5.06. The quantitative estimate of drug-likeness (QED) is 0.503. The van der Waals surface area contributed by atoms with Crippen molar-refractivity contribution in [2.45, 2.75) is 19.5 Å². The van der Waals surface area contributed by atoms with Crippen molar-refractivity contribution in [1.29, 1.82) is 0 Å². The van der Waals surface area contributed by atoms with Crippen LogP contribution in [0.3, 0.4) is 0 Å². The predicted molar refractivity (Wildman–Crippen MR) is 37.1 cm³/mol. The number of hydrogen-bond acceptors (Lipinski definition) is 2. The van der Waals surface area contributed by atoms with Crippen LogP contribution < -0.4 is 5.43 Å².